The van der Waals surface area contributed by atoms with Crippen molar-refractivity contribution in [2.45, 2.75) is 17.9 Å². The van der Waals surface area contributed by atoms with Gasteiger partial charge in [-0.3, -0.25) is 0 Å². The maximum Gasteiger partial charge on any atom is 0.241 e. The molecule has 0 saturated heterocycles. The highest BCUT2D eigenvalue weighted by molar-refractivity contribution is 7.89. The van der Waals surface area contributed by atoms with Crippen LogP contribution in [0.3, 0.4) is 0 Å². The average Bonchev–Trinajstić information content (AvgIpc) is 2.39. The van der Waals surface area contributed by atoms with Crippen LogP contribution in [0, 0.1) is 0 Å². The summed E-state index contributed by atoms with van der Waals surface area (Å²) in [5.74, 6) is 0. The normalized spacial score (nSPS) is 13.1. The Morgan fingerprint density at radius 1 is 1.15 bits per heavy atom. The Balaban J connectivity index is 2.22. The standard InChI is InChI=1S/C14H15ClN2O2S/c1-10(11-5-7-12(15)8-6-11)17-20(18,19)14-4-2-3-13(16)9-14/h2-10,17H,16H2,1H3. The Labute approximate surface area is 123 Å². The van der Waals surface area contributed by atoms with Crippen molar-refractivity contribution in [2.75, 3.05) is 5.73 Å². The molecule has 2 rings (SSSR count). The first-order chi connectivity index (χ1) is 9.38. The predicted octanol–water partition coefficient (Wildman–Crippen LogP) is 2.96. The molecule has 0 saturated carbocycles. The van der Waals surface area contributed by atoms with Crippen LogP contribution in [0.25, 0.3) is 0 Å². The van der Waals surface area contributed by atoms with E-state index in [4.69, 9.17) is 17.3 Å². The summed E-state index contributed by atoms with van der Waals surface area (Å²) in [4.78, 5) is 0.151. The van der Waals surface area contributed by atoms with Gasteiger partial charge in [-0.15, -0.1) is 0 Å². The van der Waals surface area contributed by atoms with Crippen molar-refractivity contribution in [3.05, 3.63) is 59.1 Å². The fourth-order valence-electron chi connectivity index (χ4n) is 1.80. The Bertz CT molecular complexity index is 699. The monoisotopic (exact) mass is 310 g/mol. The minimum Gasteiger partial charge on any atom is -0.399 e. The zero-order valence-electron chi connectivity index (χ0n) is 10.9. The van der Waals surface area contributed by atoms with Gasteiger partial charge in [-0.25, -0.2) is 13.1 Å². The summed E-state index contributed by atoms with van der Waals surface area (Å²) in [6.07, 6.45) is 0. The van der Waals surface area contributed by atoms with Gasteiger partial charge >= 0.3 is 0 Å². The van der Waals surface area contributed by atoms with Gasteiger partial charge < -0.3 is 5.73 Å². The molecule has 1 unspecified atom stereocenters. The lowest BCUT2D eigenvalue weighted by atomic mass is 10.1. The molecular weight excluding hydrogens is 296 g/mol. The van der Waals surface area contributed by atoms with Crippen molar-refractivity contribution in [1.82, 2.24) is 4.72 Å². The van der Waals surface area contributed by atoms with Crippen molar-refractivity contribution < 1.29 is 8.42 Å². The predicted molar refractivity (Wildman–Crippen MR) is 81.0 cm³/mol. The molecule has 0 fully saturated rings. The zero-order chi connectivity index (χ0) is 14.8. The van der Waals surface area contributed by atoms with Crippen LogP contribution in [0.1, 0.15) is 18.5 Å². The van der Waals surface area contributed by atoms with Gasteiger partial charge in [-0.05, 0) is 42.8 Å². The molecule has 6 heteroatoms. The number of anilines is 1. The first-order valence-corrected chi connectivity index (χ1v) is 7.88. The molecule has 0 aromatic heterocycles. The smallest absolute Gasteiger partial charge is 0.241 e. The van der Waals surface area contributed by atoms with E-state index in [1.165, 1.54) is 12.1 Å². The van der Waals surface area contributed by atoms with Gasteiger partial charge in [0.1, 0.15) is 0 Å². The van der Waals surface area contributed by atoms with E-state index in [1.54, 1.807) is 43.3 Å². The Morgan fingerprint density at radius 3 is 2.40 bits per heavy atom. The number of sulfonamides is 1. The zero-order valence-corrected chi connectivity index (χ0v) is 12.4. The first-order valence-electron chi connectivity index (χ1n) is 6.02. The third-order valence-corrected chi connectivity index (χ3v) is 4.66. The SMILES string of the molecule is CC(NS(=O)(=O)c1cccc(N)c1)c1ccc(Cl)cc1. The average molecular weight is 311 g/mol. The third kappa shape index (κ3) is 3.50. The molecule has 3 N–H and O–H groups in total. The van der Waals surface area contributed by atoms with Gasteiger partial charge in [0.25, 0.3) is 0 Å². The lowest BCUT2D eigenvalue weighted by Gasteiger charge is -2.15. The number of nitrogens with two attached hydrogens (primary N) is 1. The lowest BCUT2D eigenvalue weighted by molar-refractivity contribution is 0.567. The van der Waals surface area contributed by atoms with Crippen LogP contribution in [0.4, 0.5) is 5.69 Å². The van der Waals surface area contributed by atoms with Crippen LogP contribution in [0.5, 0.6) is 0 Å². The summed E-state index contributed by atoms with van der Waals surface area (Å²) < 4.78 is 27.1. The molecule has 4 nitrogen and oxygen atoms in total. The highest BCUT2D eigenvalue weighted by Crippen LogP contribution is 2.19. The highest BCUT2D eigenvalue weighted by Gasteiger charge is 2.18. The third-order valence-electron chi connectivity index (χ3n) is 2.87. The maximum atomic E-state index is 12.2. The van der Waals surface area contributed by atoms with Crippen molar-refractivity contribution in [3.63, 3.8) is 0 Å². The van der Waals surface area contributed by atoms with E-state index < -0.39 is 10.0 Å². The largest absolute Gasteiger partial charge is 0.399 e. The number of benzene rings is 2. The Morgan fingerprint density at radius 2 is 1.80 bits per heavy atom. The second kappa shape index (κ2) is 5.83. The summed E-state index contributed by atoms with van der Waals surface area (Å²) in [5, 5.41) is 0.611. The minimum atomic E-state index is -3.60. The number of hydrogen-bond acceptors (Lipinski definition) is 3. The van der Waals surface area contributed by atoms with Crippen LogP contribution in [0.15, 0.2) is 53.4 Å². The Kier molecular flexibility index (Phi) is 4.32. The number of hydrogen-bond donors (Lipinski definition) is 2. The molecule has 2 aromatic rings. The molecule has 1 atom stereocenters. The van der Waals surface area contributed by atoms with E-state index in [0.717, 1.165) is 5.56 Å². The summed E-state index contributed by atoms with van der Waals surface area (Å²) in [7, 11) is -3.60. The Hall–Kier alpha value is -1.56. The van der Waals surface area contributed by atoms with E-state index in [2.05, 4.69) is 4.72 Å². The van der Waals surface area contributed by atoms with E-state index in [-0.39, 0.29) is 10.9 Å². The molecule has 0 radical (unpaired) electrons. The minimum absolute atomic E-state index is 0.151. The van der Waals surface area contributed by atoms with Crippen molar-refractivity contribution in [1.29, 1.82) is 0 Å². The van der Waals surface area contributed by atoms with E-state index in [9.17, 15) is 8.42 Å². The molecule has 0 amide bonds. The fraction of sp³-hybridized carbons (Fsp3) is 0.143. The van der Waals surface area contributed by atoms with E-state index >= 15 is 0 Å². The molecule has 0 spiro atoms. The van der Waals surface area contributed by atoms with Crippen molar-refractivity contribution >= 4 is 27.3 Å². The molecule has 0 aliphatic heterocycles. The van der Waals surface area contributed by atoms with Gasteiger partial charge in [0.05, 0.1) is 4.90 Å². The van der Waals surface area contributed by atoms with Crippen LogP contribution >= 0.6 is 11.6 Å². The molecular formula is C14H15ClN2O2S. The van der Waals surface area contributed by atoms with E-state index in [0.29, 0.717) is 10.7 Å². The number of nitrogens with one attached hydrogen (secondary N) is 1. The number of nitrogen functional groups attached to an aromatic ring is 1. The van der Waals surface area contributed by atoms with Gasteiger partial charge in [0.15, 0.2) is 0 Å². The van der Waals surface area contributed by atoms with E-state index in [1.807, 2.05) is 0 Å². The number of rotatable bonds is 4. The lowest BCUT2D eigenvalue weighted by Crippen LogP contribution is -2.26. The molecule has 0 aliphatic rings. The molecule has 0 bridgehead atoms. The second-order valence-electron chi connectivity index (χ2n) is 4.47. The molecule has 20 heavy (non-hydrogen) atoms. The second-order valence-corrected chi connectivity index (χ2v) is 6.62. The summed E-state index contributed by atoms with van der Waals surface area (Å²) in [5.41, 5.74) is 6.85. The van der Waals surface area contributed by atoms with Crippen LogP contribution in [-0.4, -0.2) is 8.42 Å². The highest BCUT2D eigenvalue weighted by atomic mass is 35.5. The van der Waals surface area contributed by atoms with Gasteiger partial charge in [-0.2, -0.15) is 0 Å². The fourth-order valence-corrected chi connectivity index (χ4v) is 3.21. The molecule has 2 aromatic carbocycles. The summed E-state index contributed by atoms with van der Waals surface area (Å²) in [6, 6.07) is 12.8. The molecule has 0 heterocycles. The van der Waals surface area contributed by atoms with Gasteiger partial charge in [-0.1, -0.05) is 29.8 Å². The summed E-state index contributed by atoms with van der Waals surface area (Å²) in [6.45, 7) is 1.77. The topological polar surface area (TPSA) is 72.2 Å². The van der Waals surface area contributed by atoms with Gasteiger partial charge in [0, 0.05) is 16.8 Å². The summed E-state index contributed by atoms with van der Waals surface area (Å²) >= 11 is 5.81. The van der Waals surface area contributed by atoms with Crippen LogP contribution < -0.4 is 10.5 Å². The maximum absolute atomic E-state index is 12.2. The molecule has 0 aliphatic carbocycles. The van der Waals surface area contributed by atoms with Crippen LogP contribution in [-0.2, 0) is 10.0 Å². The number of halogens is 1. The van der Waals surface area contributed by atoms with Gasteiger partial charge in [0.2, 0.25) is 10.0 Å². The van der Waals surface area contributed by atoms with Crippen molar-refractivity contribution in [3.8, 4) is 0 Å². The quantitative estimate of drug-likeness (QED) is 0.853. The van der Waals surface area contributed by atoms with Crippen molar-refractivity contribution in [2.24, 2.45) is 0 Å². The molecule has 106 valence electrons. The first kappa shape index (κ1) is 14.8. The van der Waals surface area contributed by atoms with Crippen LogP contribution in [0.2, 0.25) is 5.02 Å².